The Morgan fingerprint density at radius 2 is 2.11 bits per heavy atom. The Balaban J connectivity index is 1.60. The second-order valence-electron chi connectivity index (χ2n) is 7.47. The second-order valence-corrected chi connectivity index (χ2v) is 7.47. The van der Waals surface area contributed by atoms with Gasteiger partial charge in [0.2, 0.25) is 0 Å². The quantitative estimate of drug-likeness (QED) is 0.543. The molecule has 0 saturated carbocycles. The molecule has 2 aliphatic rings. The van der Waals surface area contributed by atoms with Gasteiger partial charge in [0.15, 0.2) is 5.96 Å². The highest BCUT2D eigenvalue weighted by Crippen LogP contribution is 2.26. The molecule has 1 aromatic heterocycles. The minimum absolute atomic E-state index is 0.0333. The molecule has 0 aromatic carbocycles. The van der Waals surface area contributed by atoms with Crippen molar-refractivity contribution in [2.45, 2.75) is 44.4 Å². The first-order valence-electron chi connectivity index (χ1n) is 10.1. The molecule has 6 nitrogen and oxygen atoms in total. The van der Waals surface area contributed by atoms with Crippen LogP contribution in [0.4, 0.5) is 13.2 Å². The zero-order valence-corrected chi connectivity index (χ0v) is 16.3. The fourth-order valence-electron chi connectivity index (χ4n) is 3.96. The van der Waals surface area contributed by atoms with E-state index < -0.39 is 12.7 Å². The first-order valence-corrected chi connectivity index (χ1v) is 10.1. The van der Waals surface area contributed by atoms with Crippen molar-refractivity contribution >= 4 is 5.96 Å². The van der Waals surface area contributed by atoms with Crippen molar-refractivity contribution in [2.24, 2.45) is 4.99 Å². The summed E-state index contributed by atoms with van der Waals surface area (Å²) in [6.07, 6.45) is 0.555. The summed E-state index contributed by atoms with van der Waals surface area (Å²) in [4.78, 5) is 8.55. The van der Waals surface area contributed by atoms with Gasteiger partial charge in [-0.25, -0.2) is 0 Å². The van der Waals surface area contributed by atoms with Gasteiger partial charge in [0.05, 0.1) is 25.4 Å². The van der Waals surface area contributed by atoms with Gasteiger partial charge in [-0.15, -0.1) is 0 Å². The maximum absolute atomic E-state index is 12.6. The molecule has 2 saturated heterocycles. The van der Waals surface area contributed by atoms with Crippen molar-refractivity contribution in [2.75, 3.05) is 45.8 Å². The van der Waals surface area contributed by atoms with Crippen molar-refractivity contribution in [3.63, 3.8) is 0 Å². The van der Waals surface area contributed by atoms with Crippen LogP contribution in [0.3, 0.4) is 0 Å². The molecule has 3 rings (SSSR count). The van der Waals surface area contributed by atoms with Gasteiger partial charge in [0, 0.05) is 25.7 Å². The number of rotatable bonds is 7. The summed E-state index contributed by atoms with van der Waals surface area (Å²) >= 11 is 0. The molecular weight excluding hydrogens is 371 g/mol. The summed E-state index contributed by atoms with van der Waals surface area (Å²) in [6, 6.07) is 3.91. The van der Waals surface area contributed by atoms with Crippen LogP contribution in [-0.4, -0.2) is 73.8 Å². The highest BCUT2D eigenvalue weighted by Gasteiger charge is 2.34. The molecule has 3 heterocycles. The SMILES string of the molecule is CCNC(=NCC(c1ccco1)N1CCCC1)NC1CCN(CC(F)(F)F)C1. The fourth-order valence-corrected chi connectivity index (χ4v) is 3.96. The third-order valence-corrected chi connectivity index (χ3v) is 5.24. The van der Waals surface area contributed by atoms with Crippen LogP contribution in [0.25, 0.3) is 0 Å². The van der Waals surface area contributed by atoms with Gasteiger partial charge in [-0.2, -0.15) is 13.2 Å². The van der Waals surface area contributed by atoms with Gasteiger partial charge in [-0.3, -0.25) is 14.8 Å². The van der Waals surface area contributed by atoms with Crippen LogP contribution in [0.5, 0.6) is 0 Å². The summed E-state index contributed by atoms with van der Waals surface area (Å²) in [5, 5.41) is 6.52. The number of nitrogens with zero attached hydrogens (tertiary/aromatic N) is 3. The van der Waals surface area contributed by atoms with Crippen molar-refractivity contribution in [3.05, 3.63) is 24.2 Å². The highest BCUT2D eigenvalue weighted by atomic mass is 19.4. The normalized spacial score (nSPS) is 23.3. The van der Waals surface area contributed by atoms with Gasteiger partial charge in [-0.1, -0.05) is 0 Å². The molecule has 0 bridgehead atoms. The van der Waals surface area contributed by atoms with Crippen LogP contribution in [-0.2, 0) is 0 Å². The summed E-state index contributed by atoms with van der Waals surface area (Å²) in [5.74, 6) is 1.55. The topological polar surface area (TPSA) is 56.0 Å². The average Bonchev–Trinajstić information content (AvgIpc) is 3.37. The van der Waals surface area contributed by atoms with E-state index in [0.29, 0.717) is 38.6 Å². The Morgan fingerprint density at radius 3 is 2.75 bits per heavy atom. The fraction of sp³-hybridized carbons (Fsp3) is 0.737. The highest BCUT2D eigenvalue weighted by molar-refractivity contribution is 5.80. The zero-order chi connectivity index (χ0) is 20.0. The molecule has 0 aliphatic carbocycles. The zero-order valence-electron chi connectivity index (χ0n) is 16.3. The Labute approximate surface area is 164 Å². The van der Waals surface area contributed by atoms with E-state index in [1.54, 1.807) is 6.26 Å². The van der Waals surface area contributed by atoms with Crippen LogP contribution in [0.15, 0.2) is 27.8 Å². The number of alkyl halides is 3. The minimum Gasteiger partial charge on any atom is -0.468 e. The van der Waals surface area contributed by atoms with Gasteiger partial charge < -0.3 is 15.1 Å². The first-order chi connectivity index (χ1) is 13.4. The number of aliphatic imine (C=N–C) groups is 1. The number of guanidine groups is 1. The molecule has 28 heavy (non-hydrogen) atoms. The molecule has 2 unspecified atom stereocenters. The number of hydrogen-bond acceptors (Lipinski definition) is 4. The summed E-state index contributed by atoms with van der Waals surface area (Å²) in [7, 11) is 0. The monoisotopic (exact) mass is 401 g/mol. The number of halogens is 3. The second kappa shape index (κ2) is 9.65. The number of hydrogen-bond donors (Lipinski definition) is 2. The predicted octanol–water partition coefficient (Wildman–Crippen LogP) is 2.61. The minimum atomic E-state index is -4.15. The van der Waals surface area contributed by atoms with E-state index in [-0.39, 0.29) is 12.1 Å². The van der Waals surface area contributed by atoms with Crippen LogP contribution in [0.2, 0.25) is 0 Å². The standard InChI is InChI=1S/C19H30F3N5O/c1-2-23-18(25-15-7-10-26(13-15)14-19(20,21)22)24-12-16(17-6-5-11-28-17)27-8-3-4-9-27/h5-6,11,15-16H,2-4,7-10,12-14H2,1H3,(H2,23,24,25). The summed E-state index contributed by atoms with van der Waals surface area (Å²) in [6.45, 7) is 5.24. The van der Waals surface area contributed by atoms with E-state index in [1.807, 2.05) is 19.1 Å². The third kappa shape index (κ3) is 6.13. The molecule has 2 N–H and O–H groups in total. The summed E-state index contributed by atoms with van der Waals surface area (Å²) in [5.41, 5.74) is 0. The molecule has 2 fully saturated rings. The van der Waals surface area contributed by atoms with Crippen molar-refractivity contribution in [1.29, 1.82) is 0 Å². The van der Waals surface area contributed by atoms with E-state index in [4.69, 9.17) is 9.41 Å². The van der Waals surface area contributed by atoms with Gasteiger partial charge in [-0.05, 0) is 51.4 Å². The third-order valence-electron chi connectivity index (χ3n) is 5.24. The Kier molecular flexibility index (Phi) is 7.23. The molecule has 2 aliphatic heterocycles. The van der Waals surface area contributed by atoms with E-state index in [1.165, 1.54) is 17.7 Å². The largest absolute Gasteiger partial charge is 0.468 e. The van der Waals surface area contributed by atoms with Crippen LogP contribution >= 0.6 is 0 Å². The molecular formula is C19H30F3N5O. The Hall–Kier alpha value is -1.74. The molecule has 0 radical (unpaired) electrons. The first kappa shape index (κ1) is 21.0. The number of nitrogens with one attached hydrogen (secondary N) is 2. The molecule has 0 spiro atoms. The average molecular weight is 401 g/mol. The van der Waals surface area contributed by atoms with Gasteiger partial charge in [0.25, 0.3) is 0 Å². The molecule has 158 valence electrons. The van der Waals surface area contributed by atoms with Crippen LogP contribution < -0.4 is 10.6 Å². The van der Waals surface area contributed by atoms with E-state index in [0.717, 1.165) is 18.8 Å². The maximum Gasteiger partial charge on any atom is 0.401 e. The van der Waals surface area contributed by atoms with E-state index >= 15 is 0 Å². The summed E-state index contributed by atoms with van der Waals surface area (Å²) < 4.78 is 43.4. The predicted molar refractivity (Wildman–Crippen MR) is 102 cm³/mol. The lowest BCUT2D eigenvalue weighted by Crippen LogP contribution is -2.45. The van der Waals surface area contributed by atoms with Crippen LogP contribution in [0.1, 0.15) is 38.0 Å². The Bertz CT molecular complexity index is 614. The van der Waals surface area contributed by atoms with Crippen molar-refractivity contribution < 1.29 is 17.6 Å². The lowest BCUT2D eigenvalue weighted by atomic mass is 10.2. The molecule has 0 amide bonds. The lowest BCUT2D eigenvalue weighted by Gasteiger charge is -2.25. The molecule has 2 atom stereocenters. The van der Waals surface area contributed by atoms with Gasteiger partial charge in [0.1, 0.15) is 5.76 Å². The van der Waals surface area contributed by atoms with Crippen LogP contribution in [0, 0.1) is 0 Å². The lowest BCUT2D eigenvalue weighted by molar-refractivity contribution is -0.143. The number of likely N-dealkylation sites (tertiary alicyclic amines) is 2. The number of furan rings is 1. The molecule has 9 heteroatoms. The molecule has 1 aromatic rings. The Morgan fingerprint density at radius 1 is 1.32 bits per heavy atom. The van der Waals surface area contributed by atoms with E-state index in [2.05, 4.69) is 15.5 Å². The van der Waals surface area contributed by atoms with Crippen molar-refractivity contribution in [3.8, 4) is 0 Å². The van der Waals surface area contributed by atoms with E-state index in [9.17, 15) is 13.2 Å². The van der Waals surface area contributed by atoms with Gasteiger partial charge >= 0.3 is 6.18 Å². The smallest absolute Gasteiger partial charge is 0.401 e. The van der Waals surface area contributed by atoms with Crippen molar-refractivity contribution in [1.82, 2.24) is 20.4 Å². The maximum atomic E-state index is 12.6.